The molecule has 2 aromatic rings. The lowest BCUT2D eigenvalue weighted by Crippen LogP contribution is -2.25. The smallest absolute Gasteiger partial charge is 0.255 e. The van der Waals surface area contributed by atoms with Gasteiger partial charge in [0.05, 0.1) is 17.7 Å². The number of ether oxygens (including phenoxy) is 2. The third-order valence-electron chi connectivity index (χ3n) is 4.46. The Bertz CT molecular complexity index is 844. The predicted molar refractivity (Wildman–Crippen MR) is 105 cm³/mol. The summed E-state index contributed by atoms with van der Waals surface area (Å²) in [5.74, 6) is 0.623. The van der Waals surface area contributed by atoms with Crippen molar-refractivity contribution in [2.24, 2.45) is 0 Å². The van der Waals surface area contributed by atoms with Crippen LogP contribution in [0.3, 0.4) is 0 Å². The Morgan fingerprint density at radius 1 is 1.15 bits per heavy atom. The fraction of sp³-hybridized carbons (Fsp3) is 0.333. The monoisotopic (exact) mass is 387 g/mol. The molecule has 0 spiro atoms. The summed E-state index contributed by atoms with van der Waals surface area (Å²) in [6, 6.07) is 9.96. The highest BCUT2D eigenvalue weighted by Crippen LogP contribution is 2.39. The van der Waals surface area contributed by atoms with Crippen LogP contribution in [0.15, 0.2) is 36.4 Å². The molecule has 1 N–H and O–H groups in total. The Morgan fingerprint density at radius 3 is 2.41 bits per heavy atom. The summed E-state index contributed by atoms with van der Waals surface area (Å²) in [4.78, 5) is 24.0. The zero-order valence-electron chi connectivity index (χ0n) is 15.4. The number of ketones is 1. The quantitative estimate of drug-likeness (QED) is 0.669. The second-order valence-electron chi connectivity index (χ2n) is 6.48. The SMILES string of the molecule is CCOc1c(Cl)cc(C(=O)Nc2ccc(C(C)=O)cc2)cc1OC1CCC1. The molecule has 0 radical (unpaired) electrons. The normalized spacial score (nSPS) is 13.6. The molecule has 6 heteroatoms. The number of Topliss-reactive ketones (excluding diaryl/α,β-unsaturated/α-hetero) is 1. The molecule has 142 valence electrons. The largest absolute Gasteiger partial charge is 0.488 e. The van der Waals surface area contributed by atoms with Gasteiger partial charge in [-0.1, -0.05) is 11.6 Å². The third-order valence-corrected chi connectivity index (χ3v) is 4.74. The minimum Gasteiger partial charge on any atom is -0.488 e. The fourth-order valence-corrected chi connectivity index (χ4v) is 3.00. The number of carbonyl (C=O) groups is 2. The number of nitrogens with one attached hydrogen (secondary N) is 1. The zero-order chi connectivity index (χ0) is 19.4. The van der Waals surface area contributed by atoms with Crippen LogP contribution >= 0.6 is 11.6 Å². The first-order valence-corrected chi connectivity index (χ1v) is 9.41. The Balaban J connectivity index is 1.81. The Kier molecular flexibility index (Phi) is 6.01. The first-order valence-electron chi connectivity index (χ1n) is 9.03. The summed E-state index contributed by atoms with van der Waals surface area (Å²) in [5.41, 5.74) is 1.57. The molecule has 1 aliphatic rings. The molecule has 3 rings (SSSR count). The number of hydrogen-bond acceptors (Lipinski definition) is 4. The minimum absolute atomic E-state index is 0.0241. The summed E-state index contributed by atoms with van der Waals surface area (Å²) >= 11 is 6.34. The van der Waals surface area contributed by atoms with E-state index in [-0.39, 0.29) is 17.8 Å². The van der Waals surface area contributed by atoms with Crippen LogP contribution in [0.5, 0.6) is 11.5 Å². The summed E-state index contributed by atoms with van der Waals surface area (Å²) in [6.45, 7) is 3.82. The van der Waals surface area contributed by atoms with Crippen LogP contribution in [0.2, 0.25) is 5.02 Å². The Hall–Kier alpha value is -2.53. The van der Waals surface area contributed by atoms with Gasteiger partial charge >= 0.3 is 0 Å². The molecular formula is C21H22ClNO4. The average molecular weight is 388 g/mol. The van der Waals surface area contributed by atoms with Crippen molar-refractivity contribution in [3.63, 3.8) is 0 Å². The lowest BCUT2D eigenvalue weighted by molar-refractivity contribution is 0.101. The lowest BCUT2D eigenvalue weighted by Gasteiger charge is -2.27. The summed E-state index contributed by atoms with van der Waals surface area (Å²) < 4.78 is 11.6. The van der Waals surface area contributed by atoms with Crippen molar-refractivity contribution < 1.29 is 19.1 Å². The Labute approximate surface area is 163 Å². The number of hydrogen-bond donors (Lipinski definition) is 1. The molecule has 0 bridgehead atoms. The maximum atomic E-state index is 12.6. The van der Waals surface area contributed by atoms with Crippen LogP contribution in [0.25, 0.3) is 0 Å². The van der Waals surface area contributed by atoms with Gasteiger partial charge in [-0.05, 0) is 69.5 Å². The van der Waals surface area contributed by atoms with Crippen LogP contribution in [-0.2, 0) is 0 Å². The number of carbonyl (C=O) groups excluding carboxylic acids is 2. The highest BCUT2D eigenvalue weighted by molar-refractivity contribution is 6.32. The van der Waals surface area contributed by atoms with Crippen molar-refractivity contribution >= 4 is 29.0 Å². The standard InChI is InChI=1S/C21H22ClNO4/c1-3-26-20-18(22)11-15(12-19(20)27-17-5-4-6-17)21(25)23-16-9-7-14(8-10-16)13(2)24/h7-12,17H,3-6H2,1-2H3,(H,23,25). The molecule has 0 atom stereocenters. The Morgan fingerprint density at radius 2 is 1.85 bits per heavy atom. The highest BCUT2D eigenvalue weighted by atomic mass is 35.5. The van der Waals surface area contributed by atoms with Crippen LogP contribution in [0.1, 0.15) is 53.8 Å². The number of amides is 1. The van der Waals surface area contributed by atoms with Gasteiger partial charge in [0.15, 0.2) is 17.3 Å². The van der Waals surface area contributed by atoms with E-state index in [2.05, 4.69) is 5.32 Å². The number of rotatable bonds is 7. The van der Waals surface area contributed by atoms with Crippen LogP contribution in [0.4, 0.5) is 5.69 Å². The molecule has 0 aliphatic heterocycles. The molecule has 1 amide bonds. The van der Waals surface area contributed by atoms with Crippen molar-refractivity contribution in [1.29, 1.82) is 0 Å². The second-order valence-corrected chi connectivity index (χ2v) is 6.88. The van der Waals surface area contributed by atoms with Crippen molar-refractivity contribution in [2.75, 3.05) is 11.9 Å². The van der Waals surface area contributed by atoms with Gasteiger partial charge in [-0.3, -0.25) is 9.59 Å². The van der Waals surface area contributed by atoms with Gasteiger partial charge < -0.3 is 14.8 Å². The molecular weight excluding hydrogens is 366 g/mol. The van der Waals surface area contributed by atoms with E-state index in [1.54, 1.807) is 36.4 Å². The van der Waals surface area contributed by atoms with Gasteiger partial charge in [-0.2, -0.15) is 0 Å². The van der Waals surface area contributed by atoms with Crippen molar-refractivity contribution in [1.82, 2.24) is 0 Å². The van der Waals surface area contributed by atoms with Gasteiger partial charge in [0.25, 0.3) is 5.91 Å². The van der Waals surface area contributed by atoms with E-state index in [1.807, 2.05) is 6.92 Å². The van der Waals surface area contributed by atoms with E-state index in [9.17, 15) is 9.59 Å². The van der Waals surface area contributed by atoms with E-state index in [1.165, 1.54) is 6.92 Å². The summed E-state index contributed by atoms with van der Waals surface area (Å²) in [7, 11) is 0. The maximum Gasteiger partial charge on any atom is 0.255 e. The maximum absolute atomic E-state index is 12.6. The van der Waals surface area contributed by atoms with Gasteiger partial charge in [0.1, 0.15) is 0 Å². The molecule has 27 heavy (non-hydrogen) atoms. The van der Waals surface area contributed by atoms with E-state index < -0.39 is 0 Å². The molecule has 1 saturated carbocycles. The molecule has 2 aromatic carbocycles. The zero-order valence-corrected chi connectivity index (χ0v) is 16.1. The molecule has 0 unspecified atom stereocenters. The van der Waals surface area contributed by atoms with Gasteiger partial charge in [0.2, 0.25) is 0 Å². The van der Waals surface area contributed by atoms with Crippen molar-refractivity contribution in [3.8, 4) is 11.5 Å². The molecule has 0 aromatic heterocycles. The molecule has 0 saturated heterocycles. The number of anilines is 1. The van der Waals surface area contributed by atoms with E-state index in [4.69, 9.17) is 21.1 Å². The van der Waals surface area contributed by atoms with Crippen LogP contribution in [0, 0.1) is 0 Å². The fourth-order valence-electron chi connectivity index (χ4n) is 2.73. The molecule has 1 fully saturated rings. The first-order chi connectivity index (χ1) is 13.0. The lowest BCUT2D eigenvalue weighted by atomic mass is 9.96. The van der Waals surface area contributed by atoms with Gasteiger partial charge in [0, 0.05) is 16.8 Å². The molecule has 5 nitrogen and oxygen atoms in total. The minimum atomic E-state index is -0.311. The first kappa shape index (κ1) is 19.2. The predicted octanol–water partition coefficient (Wildman–Crippen LogP) is 5.12. The topological polar surface area (TPSA) is 64.6 Å². The highest BCUT2D eigenvalue weighted by Gasteiger charge is 2.23. The van der Waals surface area contributed by atoms with E-state index in [0.717, 1.165) is 19.3 Å². The van der Waals surface area contributed by atoms with Gasteiger partial charge in [-0.15, -0.1) is 0 Å². The molecule has 1 aliphatic carbocycles. The number of halogens is 1. The number of benzene rings is 2. The van der Waals surface area contributed by atoms with E-state index >= 15 is 0 Å². The van der Waals surface area contributed by atoms with Crippen molar-refractivity contribution in [2.45, 2.75) is 39.2 Å². The summed E-state index contributed by atoms with van der Waals surface area (Å²) in [6.07, 6.45) is 3.25. The van der Waals surface area contributed by atoms with Gasteiger partial charge in [-0.25, -0.2) is 0 Å². The second kappa shape index (κ2) is 8.44. The van der Waals surface area contributed by atoms with E-state index in [0.29, 0.717) is 39.9 Å². The van der Waals surface area contributed by atoms with Crippen LogP contribution in [-0.4, -0.2) is 24.4 Å². The summed E-state index contributed by atoms with van der Waals surface area (Å²) in [5, 5.41) is 3.14. The average Bonchev–Trinajstić information content (AvgIpc) is 2.60. The van der Waals surface area contributed by atoms with Crippen LogP contribution < -0.4 is 14.8 Å². The molecule has 0 heterocycles. The van der Waals surface area contributed by atoms with Crippen molar-refractivity contribution in [3.05, 3.63) is 52.5 Å². The third kappa shape index (κ3) is 4.61.